The summed E-state index contributed by atoms with van der Waals surface area (Å²) in [5.74, 6) is 0.699. The Labute approximate surface area is 96.9 Å². The Balaban J connectivity index is 1.90. The maximum absolute atomic E-state index is 12.1. The summed E-state index contributed by atoms with van der Waals surface area (Å²) < 4.78 is 5.42. The third kappa shape index (κ3) is 2.38. The number of nitrogens with one attached hydrogen (secondary N) is 1. The monoisotopic (exact) mass is 226 g/mol. The van der Waals surface area contributed by atoms with Crippen LogP contribution in [-0.4, -0.2) is 30.7 Å². The molecular formula is C12H22N2O2. The molecule has 2 rings (SSSR count). The van der Waals surface area contributed by atoms with Crippen molar-refractivity contribution in [1.29, 1.82) is 0 Å². The minimum atomic E-state index is -0.205. The minimum absolute atomic E-state index is 0.0135. The second kappa shape index (κ2) is 4.34. The standard InChI is InChI=1S/C12H22N2O2/c1-8-5-9(6-16-8)11(15)14-12(2,7-13)10-3-4-10/h8-10H,3-7,13H2,1-2H3,(H,14,15). The van der Waals surface area contributed by atoms with Crippen molar-refractivity contribution in [3.63, 3.8) is 0 Å². The number of hydrogen-bond donors (Lipinski definition) is 2. The van der Waals surface area contributed by atoms with Gasteiger partial charge in [-0.2, -0.15) is 0 Å². The average Bonchev–Trinajstić information content (AvgIpc) is 3.02. The predicted octanol–water partition coefficient (Wildman–Crippen LogP) is 0.655. The van der Waals surface area contributed by atoms with E-state index in [2.05, 4.69) is 12.2 Å². The Morgan fingerprint density at radius 1 is 1.56 bits per heavy atom. The van der Waals surface area contributed by atoms with Crippen molar-refractivity contribution in [3.8, 4) is 0 Å². The van der Waals surface area contributed by atoms with Crippen molar-refractivity contribution in [2.45, 2.75) is 44.8 Å². The SMILES string of the molecule is CC1CC(C(=O)NC(C)(CN)C2CC2)CO1. The Bertz CT molecular complexity index is 278. The van der Waals surface area contributed by atoms with Gasteiger partial charge in [0.1, 0.15) is 0 Å². The first-order valence-electron chi connectivity index (χ1n) is 6.19. The Kier molecular flexibility index (Phi) is 3.22. The second-order valence-electron chi connectivity index (χ2n) is 5.46. The van der Waals surface area contributed by atoms with Crippen LogP contribution in [-0.2, 0) is 9.53 Å². The van der Waals surface area contributed by atoms with Gasteiger partial charge in [-0.25, -0.2) is 0 Å². The molecule has 0 aromatic carbocycles. The molecule has 1 aliphatic heterocycles. The highest BCUT2D eigenvalue weighted by Crippen LogP contribution is 2.39. The highest BCUT2D eigenvalue weighted by Gasteiger charge is 2.43. The van der Waals surface area contributed by atoms with E-state index in [4.69, 9.17) is 10.5 Å². The van der Waals surface area contributed by atoms with Gasteiger partial charge in [0.25, 0.3) is 0 Å². The van der Waals surface area contributed by atoms with Gasteiger partial charge in [0, 0.05) is 6.54 Å². The molecule has 1 amide bonds. The maximum atomic E-state index is 12.1. The molecule has 0 aromatic rings. The fraction of sp³-hybridized carbons (Fsp3) is 0.917. The Morgan fingerprint density at radius 3 is 2.69 bits per heavy atom. The molecule has 1 saturated heterocycles. The number of nitrogens with two attached hydrogens (primary N) is 1. The summed E-state index contributed by atoms with van der Waals surface area (Å²) in [4.78, 5) is 12.1. The van der Waals surface area contributed by atoms with Crippen molar-refractivity contribution in [1.82, 2.24) is 5.32 Å². The number of rotatable bonds is 4. The number of carbonyl (C=O) groups is 1. The molecule has 0 aromatic heterocycles. The number of carbonyl (C=O) groups excluding carboxylic acids is 1. The zero-order valence-corrected chi connectivity index (χ0v) is 10.2. The van der Waals surface area contributed by atoms with Crippen LogP contribution < -0.4 is 11.1 Å². The van der Waals surface area contributed by atoms with Crippen LogP contribution in [0.25, 0.3) is 0 Å². The van der Waals surface area contributed by atoms with E-state index in [1.165, 1.54) is 12.8 Å². The molecule has 0 radical (unpaired) electrons. The lowest BCUT2D eigenvalue weighted by Gasteiger charge is -2.30. The van der Waals surface area contributed by atoms with E-state index in [1.54, 1.807) is 0 Å². The van der Waals surface area contributed by atoms with Crippen molar-refractivity contribution in [2.75, 3.05) is 13.2 Å². The van der Waals surface area contributed by atoms with Crippen molar-refractivity contribution >= 4 is 5.91 Å². The maximum Gasteiger partial charge on any atom is 0.226 e. The van der Waals surface area contributed by atoms with E-state index in [0.717, 1.165) is 6.42 Å². The summed E-state index contributed by atoms with van der Waals surface area (Å²) in [6.45, 7) is 5.14. The molecule has 4 heteroatoms. The fourth-order valence-corrected chi connectivity index (χ4v) is 2.42. The molecule has 92 valence electrons. The van der Waals surface area contributed by atoms with Gasteiger partial charge >= 0.3 is 0 Å². The highest BCUT2D eigenvalue weighted by molar-refractivity contribution is 5.80. The van der Waals surface area contributed by atoms with Crippen LogP contribution in [0.5, 0.6) is 0 Å². The fourth-order valence-electron chi connectivity index (χ4n) is 2.42. The third-order valence-electron chi connectivity index (χ3n) is 3.88. The van der Waals surface area contributed by atoms with E-state index in [-0.39, 0.29) is 23.5 Å². The molecular weight excluding hydrogens is 204 g/mol. The van der Waals surface area contributed by atoms with Gasteiger partial charge in [-0.05, 0) is 39.0 Å². The van der Waals surface area contributed by atoms with Crippen LogP contribution in [0.2, 0.25) is 0 Å². The normalized spacial score (nSPS) is 33.4. The van der Waals surface area contributed by atoms with Gasteiger partial charge in [0.15, 0.2) is 0 Å². The summed E-state index contributed by atoms with van der Waals surface area (Å²) in [5.41, 5.74) is 5.57. The molecule has 0 spiro atoms. The topological polar surface area (TPSA) is 64.4 Å². The van der Waals surface area contributed by atoms with E-state index in [9.17, 15) is 4.79 Å². The van der Waals surface area contributed by atoms with Crippen molar-refractivity contribution < 1.29 is 9.53 Å². The molecule has 2 aliphatic rings. The molecule has 4 nitrogen and oxygen atoms in total. The summed E-state index contributed by atoms with van der Waals surface area (Å²) in [6, 6.07) is 0. The molecule has 1 saturated carbocycles. The lowest BCUT2D eigenvalue weighted by molar-refractivity contribution is -0.126. The first kappa shape index (κ1) is 11.9. The lowest BCUT2D eigenvalue weighted by atomic mass is 9.94. The average molecular weight is 226 g/mol. The Morgan fingerprint density at radius 2 is 2.25 bits per heavy atom. The summed E-state index contributed by atoms with van der Waals surface area (Å²) in [7, 11) is 0. The zero-order chi connectivity index (χ0) is 11.8. The summed E-state index contributed by atoms with van der Waals surface area (Å²) >= 11 is 0. The number of amides is 1. The van der Waals surface area contributed by atoms with Gasteiger partial charge in [0.2, 0.25) is 5.91 Å². The quantitative estimate of drug-likeness (QED) is 0.740. The van der Waals surface area contributed by atoms with Crippen LogP contribution >= 0.6 is 0 Å². The zero-order valence-electron chi connectivity index (χ0n) is 10.2. The van der Waals surface area contributed by atoms with Crippen LogP contribution in [0.3, 0.4) is 0 Å². The van der Waals surface area contributed by atoms with E-state index in [0.29, 0.717) is 19.1 Å². The highest BCUT2D eigenvalue weighted by atomic mass is 16.5. The van der Waals surface area contributed by atoms with Crippen molar-refractivity contribution in [2.24, 2.45) is 17.6 Å². The number of ether oxygens (including phenoxy) is 1. The van der Waals surface area contributed by atoms with Crippen LogP contribution in [0.1, 0.15) is 33.1 Å². The van der Waals surface area contributed by atoms with Gasteiger partial charge in [-0.15, -0.1) is 0 Å². The molecule has 1 aliphatic carbocycles. The predicted molar refractivity (Wildman–Crippen MR) is 61.8 cm³/mol. The molecule has 3 atom stereocenters. The molecule has 16 heavy (non-hydrogen) atoms. The van der Waals surface area contributed by atoms with E-state index >= 15 is 0 Å². The molecule has 3 unspecified atom stereocenters. The molecule has 0 bridgehead atoms. The largest absolute Gasteiger partial charge is 0.378 e. The first-order valence-corrected chi connectivity index (χ1v) is 6.19. The Hall–Kier alpha value is -0.610. The molecule has 1 heterocycles. The third-order valence-corrected chi connectivity index (χ3v) is 3.88. The van der Waals surface area contributed by atoms with Gasteiger partial charge < -0.3 is 15.8 Å². The number of hydrogen-bond acceptors (Lipinski definition) is 3. The van der Waals surface area contributed by atoms with E-state index < -0.39 is 0 Å². The van der Waals surface area contributed by atoms with Crippen LogP contribution in [0.15, 0.2) is 0 Å². The van der Waals surface area contributed by atoms with Crippen LogP contribution in [0.4, 0.5) is 0 Å². The van der Waals surface area contributed by atoms with E-state index in [1.807, 2.05) is 6.92 Å². The second-order valence-corrected chi connectivity index (χ2v) is 5.46. The van der Waals surface area contributed by atoms with Crippen molar-refractivity contribution in [3.05, 3.63) is 0 Å². The summed E-state index contributed by atoms with van der Waals surface area (Å²) in [5, 5.41) is 3.12. The first-order chi connectivity index (χ1) is 7.55. The molecule has 3 N–H and O–H groups in total. The lowest BCUT2D eigenvalue weighted by Crippen LogP contribution is -2.54. The van der Waals surface area contributed by atoms with Gasteiger partial charge in [0.05, 0.1) is 24.2 Å². The van der Waals surface area contributed by atoms with Crippen LogP contribution in [0, 0.1) is 11.8 Å². The van der Waals surface area contributed by atoms with Gasteiger partial charge in [-0.1, -0.05) is 0 Å². The molecule has 2 fully saturated rings. The van der Waals surface area contributed by atoms with Gasteiger partial charge in [-0.3, -0.25) is 4.79 Å². The summed E-state index contributed by atoms with van der Waals surface area (Å²) in [6.07, 6.45) is 3.41. The smallest absolute Gasteiger partial charge is 0.226 e. The minimum Gasteiger partial charge on any atom is -0.378 e.